The molecule has 0 amide bonds. The SMILES string of the molecule is C[N+](C)(C)CC(O)c1cccc([N+](=O)[O-])c1. The summed E-state index contributed by atoms with van der Waals surface area (Å²) in [4.78, 5) is 10.1. The molecule has 16 heavy (non-hydrogen) atoms. The second kappa shape index (κ2) is 4.59. The van der Waals surface area contributed by atoms with Gasteiger partial charge in [0.15, 0.2) is 0 Å². The lowest BCUT2D eigenvalue weighted by Gasteiger charge is -2.26. The molecule has 0 aliphatic carbocycles. The maximum Gasteiger partial charge on any atom is 0.269 e. The third-order valence-corrected chi connectivity index (χ3v) is 2.19. The summed E-state index contributed by atoms with van der Waals surface area (Å²) >= 11 is 0. The summed E-state index contributed by atoms with van der Waals surface area (Å²) < 4.78 is 0.601. The third kappa shape index (κ3) is 3.60. The molecule has 0 aliphatic heterocycles. The average molecular weight is 225 g/mol. The van der Waals surface area contributed by atoms with Crippen LogP contribution in [0.5, 0.6) is 0 Å². The van der Waals surface area contributed by atoms with Crippen LogP contribution in [-0.2, 0) is 0 Å². The zero-order valence-corrected chi connectivity index (χ0v) is 9.75. The molecule has 1 unspecified atom stereocenters. The van der Waals surface area contributed by atoms with Crippen LogP contribution in [0.15, 0.2) is 24.3 Å². The highest BCUT2D eigenvalue weighted by Crippen LogP contribution is 2.20. The molecule has 1 rings (SSSR count). The Labute approximate surface area is 94.7 Å². The first-order valence-corrected chi connectivity index (χ1v) is 5.02. The third-order valence-electron chi connectivity index (χ3n) is 2.19. The monoisotopic (exact) mass is 225 g/mol. The van der Waals surface area contributed by atoms with Gasteiger partial charge < -0.3 is 9.59 Å². The number of hydrogen-bond acceptors (Lipinski definition) is 3. The van der Waals surface area contributed by atoms with Crippen molar-refractivity contribution in [3.8, 4) is 0 Å². The van der Waals surface area contributed by atoms with Crippen LogP contribution in [0.3, 0.4) is 0 Å². The molecule has 1 aromatic carbocycles. The quantitative estimate of drug-likeness (QED) is 0.477. The first-order chi connectivity index (χ1) is 7.29. The smallest absolute Gasteiger partial charge is 0.269 e. The molecule has 0 spiro atoms. The second-order valence-corrected chi connectivity index (χ2v) is 4.84. The first-order valence-electron chi connectivity index (χ1n) is 5.02. The molecule has 1 atom stereocenters. The number of nitro groups is 1. The summed E-state index contributed by atoms with van der Waals surface area (Å²) in [5, 5.41) is 20.5. The molecule has 0 aromatic heterocycles. The molecule has 0 heterocycles. The number of nitro benzene ring substituents is 1. The lowest BCUT2D eigenvalue weighted by molar-refractivity contribution is -0.874. The van der Waals surface area contributed by atoms with Gasteiger partial charge in [-0.3, -0.25) is 10.1 Å². The lowest BCUT2D eigenvalue weighted by atomic mass is 10.1. The second-order valence-electron chi connectivity index (χ2n) is 4.84. The highest BCUT2D eigenvalue weighted by Gasteiger charge is 2.18. The van der Waals surface area contributed by atoms with Crippen molar-refractivity contribution in [2.24, 2.45) is 0 Å². The highest BCUT2D eigenvalue weighted by atomic mass is 16.6. The van der Waals surface area contributed by atoms with Crippen LogP contribution in [0.2, 0.25) is 0 Å². The van der Waals surface area contributed by atoms with E-state index in [1.54, 1.807) is 12.1 Å². The number of non-ortho nitro benzene ring substituents is 1. The van der Waals surface area contributed by atoms with Crippen LogP contribution in [0, 0.1) is 10.1 Å². The first kappa shape index (κ1) is 12.6. The molecule has 5 nitrogen and oxygen atoms in total. The van der Waals surface area contributed by atoms with E-state index in [-0.39, 0.29) is 5.69 Å². The van der Waals surface area contributed by atoms with Gasteiger partial charge in [0, 0.05) is 12.1 Å². The summed E-state index contributed by atoms with van der Waals surface area (Å²) in [6.07, 6.45) is -0.681. The van der Waals surface area contributed by atoms with Crippen LogP contribution in [0.4, 0.5) is 5.69 Å². The van der Waals surface area contributed by atoms with E-state index in [9.17, 15) is 15.2 Å². The van der Waals surface area contributed by atoms with Crippen molar-refractivity contribution in [3.05, 3.63) is 39.9 Å². The number of benzene rings is 1. The van der Waals surface area contributed by atoms with Crippen molar-refractivity contribution in [3.63, 3.8) is 0 Å². The molecule has 88 valence electrons. The van der Waals surface area contributed by atoms with Crippen molar-refractivity contribution >= 4 is 5.69 Å². The van der Waals surface area contributed by atoms with E-state index in [1.165, 1.54) is 12.1 Å². The number of aliphatic hydroxyl groups is 1. The fraction of sp³-hybridized carbons (Fsp3) is 0.455. The average Bonchev–Trinajstić information content (AvgIpc) is 2.15. The van der Waals surface area contributed by atoms with Gasteiger partial charge in [-0.05, 0) is 5.56 Å². The predicted octanol–water partition coefficient (Wildman–Crippen LogP) is 1.33. The molecule has 5 heteroatoms. The lowest BCUT2D eigenvalue weighted by Crippen LogP contribution is -2.38. The molecular weight excluding hydrogens is 208 g/mol. The summed E-state index contributed by atoms with van der Waals surface area (Å²) in [6.45, 7) is 0.515. The Kier molecular flexibility index (Phi) is 3.62. The van der Waals surface area contributed by atoms with Crippen molar-refractivity contribution < 1.29 is 14.5 Å². The van der Waals surface area contributed by atoms with Gasteiger partial charge in [0.1, 0.15) is 12.6 Å². The molecule has 0 saturated carbocycles. The summed E-state index contributed by atoms with van der Waals surface area (Å²) in [5.41, 5.74) is 0.597. The Balaban J connectivity index is 2.87. The Hall–Kier alpha value is -1.46. The summed E-state index contributed by atoms with van der Waals surface area (Å²) in [5.74, 6) is 0. The Morgan fingerprint density at radius 3 is 2.56 bits per heavy atom. The largest absolute Gasteiger partial charge is 0.382 e. The molecule has 0 bridgehead atoms. The van der Waals surface area contributed by atoms with Crippen LogP contribution in [-0.4, -0.2) is 42.2 Å². The maximum atomic E-state index is 10.6. The van der Waals surface area contributed by atoms with E-state index in [4.69, 9.17) is 0 Å². The predicted molar refractivity (Wildman–Crippen MR) is 61.0 cm³/mol. The number of hydrogen-bond donors (Lipinski definition) is 1. The van der Waals surface area contributed by atoms with Gasteiger partial charge in [0.25, 0.3) is 5.69 Å². The number of quaternary nitrogens is 1. The zero-order chi connectivity index (χ0) is 12.3. The van der Waals surface area contributed by atoms with Crippen LogP contribution >= 0.6 is 0 Å². The zero-order valence-electron chi connectivity index (χ0n) is 9.75. The fourth-order valence-corrected chi connectivity index (χ4v) is 1.47. The van der Waals surface area contributed by atoms with Crippen LogP contribution in [0.25, 0.3) is 0 Å². The van der Waals surface area contributed by atoms with E-state index >= 15 is 0 Å². The minimum absolute atomic E-state index is 0.0120. The van der Waals surface area contributed by atoms with Crippen molar-refractivity contribution in [1.82, 2.24) is 0 Å². The van der Waals surface area contributed by atoms with Crippen molar-refractivity contribution in [2.45, 2.75) is 6.10 Å². The molecule has 0 aliphatic rings. The molecular formula is C11H17N2O3+. The minimum Gasteiger partial charge on any atom is -0.382 e. The van der Waals surface area contributed by atoms with Crippen LogP contribution in [0.1, 0.15) is 11.7 Å². The topological polar surface area (TPSA) is 63.4 Å². The van der Waals surface area contributed by atoms with E-state index in [0.717, 1.165) is 0 Å². The van der Waals surface area contributed by atoms with E-state index < -0.39 is 11.0 Å². The Bertz CT molecular complexity index is 385. The highest BCUT2D eigenvalue weighted by molar-refractivity contribution is 5.35. The van der Waals surface area contributed by atoms with Gasteiger partial charge in [0.05, 0.1) is 26.1 Å². The standard InChI is InChI=1S/C11H17N2O3/c1-13(2,3)8-11(14)9-5-4-6-10(7-9)12(15)16/h4-7,11,14H,8H2,1-3H3/q+1. The minimum atomic E-state index is -0.681. The molecule has 1 N–H and O–H groups in total. The molecule has 1 aromatic rings. The van der Waals surface area contributed by atoms with Gasteiger partial charge in [-0.1, -0.05) is 12.1 Å². The van der Waals surface area contributed by atoms with Gasteiger partial charge >= 0.3 is 0 Å². The van der Waals surface area contributed by atoms with Crippen LogP contribution < -0.4 is 0 Å². The van der Waals surface area contributed by atoms with E-state index in [2.05, 4.69) is 0 Å². The summed E-state index contributed by atoms with van der Waals surface area (Å²) in [7, 11) is 5.88. The molecule has 0 fully saturated rings. The summed E-state index contributed by atoms with van der Waals surface area (Å²) in [6, 6.07) is 6.13. The normalized spacial score (nSPS) is 13.5. The Morgan fingerprint density at radius 2 is 2.06 bits per heavy atom. The van der Waals surface area contributed by atoms with E-state index in [1.807, 2.05) is 21.1 Å². The van der Waals surface area contributed by atoms with Gasteiger partial charge in [-0.2, -0.15) is 0 Å². The molecule has 0 radical (unpaired) electrons. The fourth-order valence-electron chi connectivity index (χ4n) is 1.47. The van der Waals surface area contributed by atoms with Gasteiger partial charge in [-0.15, -0.1) is 0 Å². The number of aliphatic hydroxyl groups excluding tert-OH is 1. The molecule has 0 saturated heterocycles. The maximum absolute atomic E-state index is 10.6. The van der Waals surface area contributed by atoms with Crippen molar-refractivity contribution in [2.75, 3.05) is 27.7 Å². The van der Waals surface area contributed by atoms with Gasteiger partial charge in [0.2, 0.25) is 0 Å². The van der Waals surface area contributed by atoms with Gasteiger partial charge in [-0.25, -0.2) is 0 Å². The Morgan fingerprint density at radius 1 is 1.44 bits per heavy atom. The van der Waals surface area contributed by atoms with Crippen molar-refractivity contribution in [1.29, 1.82) is 0 Å². The number of nitrogens with zero attached hydrogens (tertiary/aromatic N) is 2. The van der Waals surface area contributed by atoms with E-state index in [0.29, 0.717) is 16.6 Å². The number of likely N-dealkylation sites (N-methyl/N-ethyl adjacent to an activating group) is 1. The number of rotatable bonds is 4.